The van der Waals surface area contributed by atoms with Crippen LogP contribution in [0.1, 0.15) is 30.3 Å². The van der Waals surface area contributed by atoms with Gasteiger partial charge in [0, 0.05) is 13.1 Å². The van der Waals surface area contributed by atoms with Crippen LogP contribution in [0.5, 0.6) is 17.2 Å². The molecule has 0 radical (unpaired) electrons. The number of rotatable bonds is 7. The minimum atomic E-state index is -0.304. The Balaban J connectivity index is 1.41. The van der Waals surface area contributed by atoms with Gasteiger partial charge in [-0.2, -0.15) is 0 Å². The lowest BCUT2D eigenvalue weighted by molar-refractivity contribution is -0.121. The van der Waals surface area contributed by atoms with E-state index in [2.05, 4.69) is 5.32 Å². The van der Waals surface area contributed by atoms with E-state index in [1.807, 2.05) is 43.3 Å². The molecular weight excluding hydrogens is 408 g/mol. The summed E-state index contributed by atoms with van der Waals surface area (Å²) in [6.45, 7) is 3.50. The van der Waals surface area contributed by atoms with E-state index >= 15 is 0 Å². The summed E-state index contributed by atoms with van der Waals surface area (Å²) in [5.41, 5.74) is 0.584. The number of piperidine rings is 1. The van der Waals surface area contributed by atoms with Crippen molar-refractivity contribution >= 4 is 17.5 Å². The van der Waals surface area contributed by atoms with Gasteiger partial charge in [-0.05, 0) is 68.3 Å². The molecule has 0 aliphatic carbocycles. The van der Waals surface area contributed by atoms with Crippen LogP contribution in [0.3, 0.4) is 0 Å². The Bertz CT molecular complexity index is 1050. The Labute approximate surface area is 186 Å². The van der Waals surface area contributed by atoms with Gasteiger partial charge < -0.3 is 24.1 Å². The van der Waals surface area contributed by atoms with E-state index in [0.29, 0.717) is 42.6 Å². The normalized spacial score (nSPS) is 15.8. The largest absolute Gasteiger partial charge is 0.494 e. The predicted octanol–water partition coefficient (Wildman–Crippen LogP) is 4.96. The molecule has 4 rings (SSSR count). The Morgan fingerprint density at radius 1 is 1.06 bits per heavy atom. The van der Waals surface area contributed by atoms with E-state index in [9.17, 15) is 9.59 Å². The molecule has 0 unspecified atom stereocenters. The maximum absolute atomic E-state index is 13.0. The highest BCUT2D eigenvalue weighted by Crippen LogP contribution is 2.31. The zero-order valence-electron chi connectivity index (χ0n) is 18.0. The molecule has 1 aliphatic rings. The van der Waals surface area contributed by atoms with Gasteiger partial charge in [0.2, 0.25) is 5.91 Å². The Hall–Kier alpha value is -3.74. The lowest BCUT2D eigenvalue weighted by Crippen LogP contribution is -2.43. The molecule has 166 valence electrons. The first-order chi connectivity index (χ1) is 15.6. The summed E-state index contributed by atoms with van der Waals surface area (Å²) in [6.07, 6.45) is 2.95. The number of hydrogen-bond donors (Lipinski definition) is 1. The van der Waals surface area contributed by atoms with Crippen molar-refractivity contribution < 1.29 is 23.5 Å². The number of anilines is 1. The number of carbonyl (C=O) groups is 2. The molecule has 1 saturated heterocycles. The fourth-order valence-electron chi connectivity index (χ4n) is 3.72. The number of hydrogen-bond acceptors (Lipinski definition) is 5. The molecule has 2 heterocycles. The van der Waals surface area contributed by atoms with Crippen molar-refractivity contribution in [3.05, 3.63) is 72.7 Å². The number of furan rings is 1. The second-order valence-electron chi connectivity index (χ2n) is 7.56. The quantitative estimate of drug-likeness (QED) is 0.568. The van der Waals surface area contributed by atoms with Crippen molar-refractivity contribution in [2.45, 2.75) is 19.8 Å². The second kappa shape index (κ2) is 10.0. The van der Waals surface area contributed by atoms with Crippen LogP contribution in [0.25, 0.3) is 0 Å². The number of nitrogens with one attached hydrogen (secondary N) is 1. The van der Waals surface area contributed by atoms with E-state index in [0.717, 1.165) is 18.6 Å². The van der Waals surface area contributed by atoms with Crippen molar-refractivity contribution in [3.8, 4) is 17.2 Å². The third kappa shape index (κ3) is 5.11. The molecule has 7 heteroatoms. The first kappa shape index (κ1) is 21.5. The number of likely N-dealkylation sites (tertiary alicyclic amines) is 1. The third-order valence-electron chi connectivity index (χ3n) is 5.32. The van der Waals surface area contributed by atoms with Crippen LogP contribution in [0, 0.1) is 5.92 Å². The third-order valence-corrected chi connectivity index (χ3v) is 5.32. The molecule has 2 amide bonds. The fourth-order valence-corrected chi connectivity index (χ4v) is 3.72. The van der Waals surface area contributed by atoms with Gasteiger partial charge in [-0.1, -0.05) is 12.1 Å². The highest BCUT2D eigenvalue weighted by Gasteiger charge is 2.30. The maximum Gasteiger partial charge on any atom is 0.289 e. The number of amides is 2. The number of carbonyl (C=O) groups excluding carboxylic acids is 2. The molecule has 0 saturated carbocycles. The van der Waals surface area contributed by atoms with Crippen molar-refractivity contribution in [1.82, 2.24) is 4.90 Å². The van der Waals surface area contributed by atoms with Crippen molar-refractivity contribution in [2.24, 2.45) is 5.92 Å². The summed E-state index contributed by atoms with van der Waals surface area (Å²) in [5, 5.41) is 2.98. The summed E-state index contributed by atoms with van der Waals surface area (Å²) in [7, 11) is 0. The Kier molecular flexibility index (Phi) is 6.75. The van der Waals surface area contributed by atoms with Gasteiger partial charge in [0.15, 0.2) is 11.5 Å². The van der Waals surface area contributed by atoms with Crippen LogP contribution >= 0.6 is 0 Å². The van der Waals surface area contributed by atoms with Gasteiger partial charge in [-0.15, -0.1) is 0 Å². The molecule has 32 heavy (non-hydrogen) atoms. The SMILES string of the molecule is CCOc1ccc(Oc2ccccc2NC(=O)[C@@H]2CCCN(C(=O)c3ccco3)C2)cc1. The molecule has 7 nitrogen and oxygen atoms in total. The number of nitrogens with zero attached hydrogens (tertiary/aromatic N) is 1. The van der Waals surface area contributed by atoms with Crippen LogP contribution < -0.4 is 14.8 Å². The fraction of sp³-hybridized carbons (Fsp3) is 0.280. The van der Waals surface area contributed by atoms with Crippen molar-refractivity contribution in [1.29, 1.82) is 0 Å². The number of ether oxygens (including phenoxy) is 2. The van der Waals surface area contributed by atoms with E-state index < -0.39 is 0 Å². The van der Waals surface area contributed by atoms with Crippen molar-refractivity contribution in [2.75, 3.05) is 25.0 Å². The molecule has 2 aromatic carbocycles. The van der Waals surface area contributed by atoms with Crippen LogP contribution in [-0.4, -0.2) is 36.4 Å². The molecule has 1 aromatic heterocycles. The molecule has 0 spiro atoms. The summed E-state index contributed by atoms with van der Waals surface area (Å²) >= 11 is 0. The average molecular weight is 434 g/mol. The smallest absolute Gasteiger partial charge is 0.289 e. The Morgan fingerprint density at radius 2 is 1.84 bits per heavy atom. The highest BCUT2D eigenvalue weighted by molar-refractivity contribution is 5.95. The molecule has 1 N–H and O–H groups in total. The minimum Gasteiger partial charge on any atom is -0.494 e. The molecule has 1 fully saturated rings. The van der Waals surface area contributed by atoms with Crippen molar-refractivity contribution in [3.63, 3.8) is 0 Å². The van der Waals surface area contributed by atoms with E-state index in [1.165, 1.54) is 6.26 Å². The Morgan fingerprint density at radius 3 is 2.59 bits per heavy atom. The first-order valence-corrected chi connectivity index (χ1v) is 10.8. The lowest BCUT2D eigenvalue weighted by Gasteiger charge is -2.31. The topological polar surface area (TPSA) is 81.0 Å². The summed E-state index contributed by atoms with van der Waals surface area (Å²) in [4.78, 5) is 27.3. The molecule has 3 aromatic rings. The van der Waals surface area contributed by atoms with Gasteiger partial charge in [-0.3, -0.25) is 9.59 Å². The van der Waals surface area contributed by atoms with Gasteiger partial charge in [0.1, 0.15) is 11.5 Å². The second-order valence-corrected chi connectivity index (χ2v) is 7.56. The summed E-state index contributed by atoms with van der Waals surface area (Å²) in [5.74, 6) is 1.62. The lowest BCUT2D eigenvalue weighted by atomic mass is 9.96. The van der Waals surface area contributed by atoms with E-state index in [-0.39, 0.29) is 17.7 Å². The van der Waals surface area contributed by atoms with Gasteiger partial charge in [0.25, 0.3) is 5.91 Å². The van der Waals surface area contributed by atoms with E-state index in [4.69, 9.17) is 13.9 Å². The molecule has 0 bridgehead atoms. The molecule has 1 aliphatic heterocycles. The minimum absolute atomic E-state index is 0.135. The summed E-state index contributed by atoms with van der Waals surface area (Å²) in [6, 6.07) is 17.9. The van der Waals surface area contributed by atoms with Crippen LogP contribution in [0.2, 0.25) is 0 Å². The zero-order valence-corrected chi connectivity index (χ0v) is 18.0. The average Bonchev–Trinajstić information content (AvgIpc) is 3.36. The first-order valence-electron chi connectivity index (χ1n) is 10.8. The van der Waals surface area contributed by atoms with Gasteiger partial charge >= 0.3 is 0 Å². The zero-order chi connectivity index (χ0) is 22.3. The monoisotopic (exact) mass is 434 g/mol. The molecule has 1 atom stereocenters. The maximum atomic E-state index is 13.0. The standard InChI is InChI=1S/C25H26N2O5/c1-2-30-19-11-13-20(14-12-19)32-22-9-4-3-8-21(22)26-24(28)18-7-5-15-27(17-18)25(29)23-10-6-16-31-23/h3-4,6,8-14,16,18H,2,5,7,15,17H2,1H3,(H,26,28)/t18-/m1/s1. The van der Waals surface area contributed by atoms with Gasteiger partial charge in [0.05, 0.1) is 24.5 Å². The van der Waals surface area contributed by atoms with Crippen LogP contribution in [-0.2, 0) is 4.79 Å². The van der Waals surface area contributed by atoms with E-state index in [1.54, 1.807) is 29.2 Å². The number of benzene rings is 2. The predicted molar refractivity (Wildman–Crippen MR) is 120 cm³/mol. The van der Waals surface area contributed by atoms with Crippen LogP contribution in [0.15, 0.2) is 71.3 Å². The van der Waals surface area contributed by atoms with Crippen LogP contribution in [0.4, 0.5) is 5.69 Å². The highest BCUT2D eigenvalue weighted by atomic mass is 16.5. The number of para-hydroxylation sites is 2. The summed E-state index contributed by atoms with van der Waals surface area (Å²) < 4.78 is 16.7. The molecular formula is C25H26N2O5. The van der Waals surface area contributed by atoms with Gasteiger partial charge in [-0.25, -0.2) is 0 Å².